The largest absolute Gasteiger partial charge is 0.446 e. The van der Waals surface area contributed by atoms with Crippen LogP contribution in [-0.2, 0) is 15.6 Å². The molecule has 0 radical (unpaired) electrons. The minimum Gasteiger partial charge on any atom is -0.247 e. The van der Waals surface area contributed by atoms with Crippen molar-refractivity contribution < 1.29 is 21.6 Å². The van der Waals surface area contributed by atoms with Gasteiger partial charge in [-0.3, -0.25) is 0 Å². The lowest BCUT2D eigenvalue weighted by molar-refractivity contribution is -0.0318. The number of sulfonamides is 1. The fourth-order valence-corrected chi connectivity index (χ4v) is 7.56. The van der Waals surface area contributed by atoms with Gasteiger partial charge in [0.15, 0.2) is 0 Å². The fourth-order valence-electron chi connectivity index (χ4n) is 5.05. The van der Waals surface area contributed by atoms with Gasteiger partial charge in [0.05, 0.1) is 10.6 Å². The molecule has 1 heterocycles. The van der Waals surface area contributed by atoms with Crippen LogP contribution in [0.25, 0.3) is 4.91 Å². The zero-order chi connectivity index (χ0) is 28.0. The predicted octanol–water partition coefficient (Wildman–Crippen LogP) is 8.36. The molecular weight excluding hydrogens is 539 g/mol. The van der Waals surface area contributed by atoms with E-state index in [1.54, 1.807) is 54.6 Å². The van der Waals surface area contributed by atoms with Crippen LogP contribution in [0, 0.1) is 20.8 Å². The molecule has 0 bridgehead atoms. The molecule has 4 aromatic rings. The molecule has 0 fully saturated rings. The number of hydrogen-bond donors (Lipinski definition) is 0. The van der Waals surface area contributed by atoms with E-state index in [1.807, 2.05) is 45.0 Å². The summed E-state index contributed by atoms with van der Waals surface area (Å²) in [5.74, 6) is 0. The van der Waals surface area contributed by atoms with Crippen molar-refractivity contribution in [2.75, 3.05) is 4.31 Å². The quantitative estimate of drug-likeness (QED) is 0.244. The van der Waals surface area contributed by atoms with E-state index in [2.05, 4.69) is 0 Å². The normalized spacial score (nSPS) is 15.0. The van der Waals surface area contributed by atoms with Crippen LogP contribution in [0.2, 0.25) is 0 Å². The molecule has 1 aliphatic heterocycles. The molecule has 0 saturated heterocycles. The summed E-state index contributed by atoms with van der Waals surface area (Å²) in [5.41, 5.74) is -2.14. The average Bonchev–Trinajstić information content (AvgIpc) is 2.87. The number of fused-ring (bicyclic) bond motifs is 1. The lowest BCUT2D eigenvalue weighted by Gasteiger charge is -2.47. The van der Waals surface area contributed by atoms with E-state index >= 15 is 0 Å². The van der Waals surface area contributed by atoms with Crippen molar-refractivity contribution in [2.24, 2.45) is 0 Å². The monoisotopic (exact) mass is 565 g/mol. The van der Waals surface area contributed by atoms with Gasteiger partial charge in [0.2, 0.25) is 0 Å². The van der Waals surface area contributed by atoms with E-state index in [4.69, 9.17) is 0 Å². The summed E-state index contributed by atoms with van der Waals surface area (Å²) in [6.45, 7) is 5.61. The van der Waals surface area contributed by atoms with E-state index in [9.17, 15) is 21.6 Å². The van der Waals surface area contributed by atoms with Crippen molar-refractivity contribution in [2.45, 2.75) is 36.7 Å². The van der Waals surface area contributed by atoms with Crippen LogP contribution >= 0.6 is 11.8 Å². The highest BCUT2D eigenvalue weighted by Crippen LogP contribution is 2.55. The van der Waals surface area contributed by atoms with Gasteiger partial charge in [0.1, 0.15) is 5.54 Å². The first-order chi connectivity index (χ1) is 18.4. The molecule has 0 amide bonds. The molecule has 0 unspecified atom stereocenters. The predicted molar refractivity (Wildman–Crippen MR) is 152 cm³/mol. The molecule has 200 valence electrons. The van der Waals surface area contributed by atoms with Crippen LogP contribution in [0.4, 0.5) is 18.9 Å². The summed E-state index contributed by atoms with van der Waals surface area (Å²) in [6.07, 6.45) is 1.46. The molecule has 39 heavy (non-hydrogen) atoms. The fraction of sp³-hybridized carbons (Fsp3) is 0.161. The summed E-state index contributed by atoms with van der Waals surface area (Å²) in [5, 5.41) is 0. The van der Waals surface area contributed by atoms with E-state index in [0.29, 0.717) is 11.1 Å². The first kappa shape index (κ1) is 27.1. The first-order valence-electron chi connectivity index (χ1n) is 12.3. The molecule has 0 N–H and O–H groups in total. The van der Waals surface area contributed by atoms with E-state index in [0.717, 1.165) is 16.7 Å². The van der Waals surface area contributed by atoms with Gasteiger partial charge in [-0.15, -0.1) is 0 Å². The van der Waals surface area contributed by atoms with Crippen molar-refractivity contribution >= 4 is 32.4 Å². The van der Waals surface area contributed by atoms with Gasteiger partial charge < -0.3 is 0 Å². The molecule has 0 aliphatic carbocycles. The molecule has 4 aromatic carbocycles. The van der Waals surface area contributed by atoms with Gasteiger partial charge in [-0.2, -0.15) is 13.2 Å². The standard InChI is InChI=1S/C31H26F3NO2S2/c1-21-14-16-26(17-15-21)39(36,37)35-28-13-5-4-12-27(28)29(38-31(32,33)34)20-30(35,24-10-6-8-22(2)18-24)25-11-7-9-23(3)19-25/h4-20H,1-3H3. The number of benzene rings is 4. The minimum atomic E-state index is -4.58. The topological polar surface area (TPSA) is 37.4 Å². The molecule has 0 atom stereocenters. The number of rotatable bonds is 5. The van der Waals surface area contributed by atoms with Gasteiger partial charge in [0.25, 0.3) is 10.0 Å². The maximum absolute atomic E-state index is 14.7. The zero-order valence-electron chi connectivity index (χ0n) is 21.5. The number of para-hydroxylation sites is 1. The smallest absolute Gasteiger partial charge is 0.247 e. The molecule has 0 aromatic heterocycles. The number of hydrogen-bond acceptors (Lipinski definition) is 3. The second-order valence-corrected chi connectivity index (χ2v) is 12.6. The van der Waals surface area contributed by atoms with Gasteiger partial charge in [-0.25, -0.2) is 12.7 Å². The van der Waals surface area contributed by atoms with Crippen LogP contribution in [0.3, 0.4) is 0 Å². The minimum absolute atomic E-state index is 0.0490. The number of anilines is 1. The number of halogens is 3. The lowest BCUT2D eigenvalue weighted by atomic mass is 9.78. The highest BCUT2D eigenvalue weighted by Gasteiger charge is 2.50. The molecule has 0 spiro atoms. The van der Waals surface area contributed by atoms with E-state index in [-0.39, 0.29) is 32.8 Å². The maximum atomic E-state index is 14.7. The highest BCUT2D eigenvalue weighted by molar-refractivity contribution is 8.09. The summed E-state index contributed by atoms with van der Waals surface area (Å²) in [6, 6.07) is 27.4. The van der Waals surface area contributed by atoms with Crippen LogP contribution in [0.1, 0.15) is 33.4 Å². The van der Waals surface area contributed by atoms with Gasteiger partial charge in [-0.1, -0.05) is 95.6 Å². The van der Waals surface area contributed by atoms with Crippen molar-refractivity contribution in [3.8, 4) is 0 Å². The van der Waals surface area contributed by atoms with Crippen LogP contribution in [0.5, 0.6) is 0 Å². The Morgan fingerprint density at radius 3 is 1.82 bits per heavy atom. The Labute approximate surface area is 231 Å². The number of nitrogens with zero attached hydrogens (tertiary/aromatic N) is 1. The Bertz CT molecular complexity index is 1630. The Kier molecular flexibility index (Phi) is 6.89. The molecule has 8 heteroatoms. The van der Waals surface area contributed by atoms with Crippen molar-refractivity contribution in [1.29, 1.82) is 0 Å². The van der Waals surface area contributed by atoms with E-state index in [1.165, 1.54) is 28.6 Å². The molecule has 5 rings (SSSR count). The third-order valence-corrected chi connectivity index (χ3v) is 9.37. The van der Waals surface area contributed by atoms with Gasteiger partial charge in [-0.05, 0) is 67.9 Å². The zero-order valence-corrected chi connectivity index (χ0v) is 23.2. The van der Waals surface area contributed by atoms with Crippen LogP contribution in [0.15, 0.2) is 108 Å². The van der Waals surface area contributed by atoms with Gasteiger partial charge in [0, 0.05) is 10.5 Å². The summed E-state index contributed by atoms with van der Waals surface area (Å²) < 4.78 is 72.4. The third kappa shape index (κ3) is 4.99. The van der Waals surface area contributed by atoms with E-state index < -0.39 is 21.1 Å². The second kappa shape index (κ2) is 9.92. The SMILES string of the molecule is Cc1ccc(S(=O)(=O)N2c3ccccc3C(SC(F)(F)F)=CC2(c2cccc(C)c2)c2cccc(C)c2)cc1. The molecule has 0 saturated carbocycles. The number of aryl methyl sites for hydroxylation is 3. The van der Waals surface area contributed by atoms with Gasteiger partial charge >= 0.3 is 5.51 Å². The summed E-state index contributed by atoms with van der Waals surface area (Å²) in [7, 11) is -4.29. The number of thioether (sulfide) groups is 1. The summed E-state index contributed by atoms with van der Waals surface area (Å²) in [4.78, 5) is -0.00984. The van der Waals surface area contributed by atoms with Crippen LogP contribution < -0.4 is 4.31 Å². The van der Waals surface area contributed by atoms with Crippen LogP contribution in [-0.4, -0.2) is 13.9 Å². The Morgan fingerprint density at radius 2 is 1.28 bits per heavy atom. The van der Waals surface area contributed by atoms with Crippen molar-refractivity contribution in [3.63, 3.8) is 0 Å². The Balaban J connectivity index is 1.96. The lowest BCUT2D eigenvalue weighted by Crippen LogP contribution is -2.51. The second-order valence-electron chi connectivity index (χ2n) is 9.66. The van der Waals surface area contributed by atoms with Crippen molar-refractivity contribution in [1.82, 2.24) is 0 Å². The Hall–Kier alpha value is -3.49. The first-order valence-corrected chi connectivity index (χ1v) is 14.5. The third-order valence-electron chi connectivity index (χ3n) is 6.75. The molecule has 3 nitrogen and oxygen atoms in total. The maximum Gasteiger partial charge on any atom is 0.446 e. The summed E-state index contributed by atoms with van der Waals surface area (Å²) >= 11 is -0.230. The molecule has 1 aliphatic rings. The Morgan fingerprint density at radius 1 is 0.718 bits per heavy atom. The average molecular weight is 566 g/mol. The highest BCUT2D eigenvalue weighted by atomic mass is 32.2. The molecular formula is C31H26F3NO2S2. The number of alkyl halides is 3. The van der Waals surface area contributed by atoms with Crippen molar-refractivity contribution in [3.05, 3.63) is 137 Å².